The van der Waals surface area contributed by atoms with E-state index in [1.807, 2.05) is 6.26 Å². The number of carbonyl (C=O) groups excluding carboxylic acids is 3. The highest BCUT2D eigenvalue weighted by molar-refractivity contribution is 7.98. The minimum absolute atomic E-state index is 0.217. The molecular formula is C20H40N6O6S. The number of aliphatic hydroxyl groups excluding tert-OH is 1. The highest BCUT2D eigenvalue weighted by atomic mass is 32.2. The second-order valence-corrected chi connectivity index (χ2v) is 8.65. The lowest BCUT2D eigenvalue weighted by Gasteiger charge is -2.25. The van der Waals surface area contributed by atoms with E-state index >= 15 is 0 Å². The van der Waals surface area contributed by atoms with Crippen LogP contribution in [0.3, 0.4) is 0 Å². The molecule has 0 saturated heterocycles. The van der Waals surface area contributed by atoms with Gasteiger partial charge in [-0.25, -0.2) is 4.79 Å². The molecule has 4 atom stereocenters. The number of rotatable bonds is 19. The molecule has 0 spiro atoms. The maximum Gasteiger partial charge on any atom is 0.328 e. The molecular weight excluding hydrogens is 452 g/mol. The third kappa shape index (κ3) is 13.4. The number of carboxylic acid groups (broad SMARTS) is 1. The SMILES string of the molecule is CSCCC(NC(=O)C(N)CCCCN)C(=O)NC(CCCCN)C(=O)NC(CO)C(=O)O. The fraction of sp³-hybridized carbons (Fsp3) is 0.800. The summed E-state index contributed by atoms with van der Waals surface area (Å²) in [6.07, 6.45) is 5.37. The summed E-state index contributed by atoms with van der Waals surface area (Å²) in [5.41, 5.74) is 16.9. The smallest absolute Gasteiger partial charge is 0.328 e. The number of carbonyl (C=O) groups is 4. The quantitative estimate of drug-likeness (QED) is 0.0913. The molecule has 0 bridgehead atoms. The van der Waals surface area contributed by atoms with Gasteiger partial charge in [-0.2, -0.15) is 11.8 Å². The Bertz CT molecular complexity index is 612. The molecule has 192 valence electrons. The van der Waals surface area contributed by atoms with E-state index in [0.29, 0.717) is 50.9 Å². The second kappa shape index (κ2) is 18.5. The standard InChI is InChI=1S/C20H40N6O6S/c1-33-11-8-15(24-17(28)13(23)6-2-4-9-21)19(30)25-14(7-3-5-10-22)18(29)26-16(12-27)20(31)32/h13-16,27H,2-12,21-23H2,1H3,(H,24,28)(H,25,30)(H,26,29)(H,31,32). The lowest BCUT2D eigenvalue weighted by molar-refractivity contribution is -0.143. The first-order valence-electron chi connectivity index (χ1n) is 11.1. The monoisotopic (exact) mass is 492 g/mol. The fourth-order valence-corrected chi connectivity index (χ4v) is 3.39. The second-order valence-electron chi connectivity index (χ2n) is 7.66. The van der Waals surface area contributed by atoms with Gasteiger partial charge in [0.2, 0.25) is 17.7 Å². The third-order valence-electron chi connectivity index (χ3n) is 4.93. The predicted octanol–water partition coefficient (Wildman–Crippen LogP) is -2.14. The number of nitrogens with one attached hydrogen (secondary N) is 3. The Kier molecular flexibility index (Phi) is 17.4. The molecule has 0 aromatic carbocycles. The van der Waals surface area contributed by atoms with Crippen LogP contribution in [0.2, 0.25) is 0 Å². The summed E-state index contributed by atoms with van der Waals surface area (Å²) in [4.78, 5) is 49.1. The molecule has 3 amide bonds. The maximum absolute atomic E-state index is 12.9. The van der Waals surface area contributed by atoms with Gasteiger partial charge in [0.25, 0.3) is 0 Å². The van der Waals surface area contributed by atoms with E-state index in [0.717, 1.165) is 6.42 Å². The molecule has 12 nitrogen and oxygen atoms in total. The van der Waals surface area contributed by atoms with Gasteiger partial charge in [0.1, 0.15) is 18.1 Å². The number of nitrogens with two attached hydrogens (primary N) is 3. The molecule has 33 heavy (non-hydrogen) atoms. The lowest BCUT2D eigenvalue weighted by atomic mass is 10.1. The van der Waals surface area contributed by atoms with Crippen LogP contribution >= 0.6 is 11.8 Å². The Morgan fingerprint density at radius 2 is 1.27 bits per heavy atom. The van der Waals surface area contributed by atoms with Crippen molar-refractivity contribution in [3.8, 4) is 0 Å². The summed E-state index contributed by atoms with van der Waals surface area (Å²) in [6.45, 7) is 0.101. The first-order valence-corrected chi connectivity index (χ1v) is 12.5. The zero-order valence-electron chi connectivity index (χ0n) is 19.3. The number of unbranched alkanes of at least 4 members (excludes halogenated alkanes) is 2. The van der Waals surface area contributed by atoms with Crippen molar-refractivity contribution >= 4 is 35.5 Å². The molecule has 0 fully saturated rings. The molecule has 0 aromatic heterocycles. The minimum atomic E-state index is -1.50. The molecule has 4 unspecified atom stereocenters. The van der Waals surface area contributed by atoms with E-state index in [9.17, 15) is 19.2 Å². The van der Waals surface area contributed by atoms with Crippen LogP contribution in [0.4, 0.5) is 0 Å². The van der Waals surface area contributed by atoms with Gasteiger partial charge in [0, 0.05) is 0 Å². The van der Waals surface area contributed by atoms with Crippen LogP contribution in [0.1, 0.15) is 44.9 Å². The molecule has 13 heteroatoms. The van der Waals surface area contributed by atoms with E-state index in [-0.39, 0.29) is 6.42 Å². The minimum Gasteiger partial charge on any atom is -0.480 e. The highest BCUT2D eigenvalue weighted by Crippen LogP contribution is 2.07. The summed E-state index contributed by atoms with van der Waals surface area (Å²) in [5, 5.41) is 25.7. The van der Waals surface area contributed by atoms with E-state index in [1.54, 1.807) is 0 Å². The first-order chi connectivity index (χ1) is 15.7. The molecule has 0 aromatic rings. The van der Waals surface area contributed by atoms with Gasteiger partial charge in [-0.05, 0) is 63.6 Å². The molecule has 0 saturated carbocycles. The topological polar surface area (TPSA) is 223 Å². The number of thioether (sulfide) groups is 1. The normalized spacial score (nSPS) is 14.6. The van der Waals surface area contributed by atoms with Crippen LogP contribution in [0.25, 0.3) is 0 Å². The molecule has 0 radical (unpaired) electrons. The van der Waals surface area contributed by atoms with Gasteiger partial charge >= 0.3 is 5.97 Å². The number of hydrogen-bond donors (Lipinski definition) is 8. The third-order valence-corrected chi connectivity index (χ3v) is 5.57. The van der Waals surface area contributed by atoms with Crippen LogP contribution in [-0.2, 0) is 19.2 Å². The van der Waals surface area contributed by atoms with Gasteiger partial charge in [-0.15, -0.1) is 0 Å². The summed E-state index contributed by atoms with van der Waals surface area (Å²) < 4.78 is 0. The zero-order chi connectivity index (χ0) is 25.2. The average Bonchev–Trinajstić information content (AvgIpc) is 2.78. The molecule has 0 rings (SSSR count). The molecule has 0 aliphatic carbocycles. The molecule has 0 heterocycles. The number of amides is 3. The first kappa shape index (κ1) is 31.1. The summed E-state index contributed by atoms with van der Waals surface area (Å²) in [5.74, 6) is -2.60. The Labute approximate surface area is 199 Å². The Morgan fingerprint density at radius 3 is 1.76 bits per heavy atom. The predicted molar refractivity (Wildman–Crippen MR) is 127 cm³/mol. The van der Waals surface area contributed by atoms with Crippen molar-refractivity contribution in [3.05, 3.63) is 0 Å². The average molecular weight is 493 g/mol. The summed E-state index contributed by atoms with van der Waals surface area (Å²) in [6, 6.07) is -4.25. The van der Waals surface area contributed by atoms with Crippen molar-refractivity contribution in [2.24, 2.45) is 17.2 Å². The van der Waals surface area contributed by atoms with E-state index in [1.165, 1.54) is 11.8 Å². The van der Waals surface area contributed by atoms with Crippen molar-refractivity contribution in [2.75, 3.05) is 31.7 Å². The van der Waals surface area contributed by atoms with Crippen molar-refractivity contribution in [1.29, 1.82) is 0 Å². The van der Waals surface area contributed by atoms with E-state index in [4.69, 9.17) is 27.4 Å². The van der Waals surface area contributed by atoms with Gasteiger partial charge in [-0.1, -0.05) is 6.42 Å². The van der Waals surface area contributed by atoms with Crippen LogP contribution in [-0.4, -0.2) is 89.8 Å². The highest BCUT2D eigenvalue weighted by Gasteiger charge is 2.29. The van der Waals surface area contributed by atoms with E-state index in [2.05, 4.69) is 16.0 Å². The zero-order valence-corrected chi connectivity index (χ0v) is 20.1. The summed E-state index contributed by atoms with van der Waals surface area (Å²) in [7, 11) is 0. The number of hydrogen-bond acceptors (Lipinski definition) is 9. The lowest BCUT2D eigenvalue weighted by Crippen LogP contribution is -2.57. The van der Waals surface area contributed by atoms with Crippen LogP contribution < -0.4 is 33.2 Å². The Balaban J connectivity index is 5.29. The van der Waals surface area contributed by atoms with E-state index < -0.39 is 54.5 Å². The van der Waals surface area contributed by atoms with Crippen molar-refractivity contribution < 1.29 is 29.4 Å². The van der Waals surface area contributed by atoms with Crippen LogP contribution in [0, 0.1) is 0 Å². The number of aliphatic hydroxyl groups is 1. The summed E-state index contributed by atoms with van der Waals surface area (Å²) >= 11 is 1.49. The van der Waals surface area contributed by atoms with Gasteiger partial charge < -0.3 is 43.4 Å². The molecule has 0 aliphatic heterocycles. The Morgan fingerprint density at radius 1 is 0.788 bits per heavy atom. The number of carboxylic acids is 1. The molecule has 11 N–H and O–H groups in total. The van der Waals surface area contributed by atoms with Crippen molar-refractivity contribution in [2.45, 2.75) is 69.1 Å². The van der Waals surface area contributed by atoms with Crippen molar-refractivity contribution in [1.82, 2.24) is 16.0 Å². The number of aliphatic carboxylic acids is 1. The van der Waals surface area contributed by atoms with Gasteiger partial charge in [0.15, 0.2) is 0 Å². The largest absolute Gasteiger partial charge is 0.480 e. The molecule has 0 aliphatic rings. The Hall–Kier alpha value is -1.93. The van der Waals surface area contributed by atoms with Gasteiger partial charge in [-0.3, -0.25) is 14.4 Å². The van der Waals surface area contributed by atoms with Crippen LogP contribution in [0.15, 0.2) is 0 Å². The van der Waals surface area contributed by atoms with Gasteiger partial charge in [0.05, 0.1) is 12.6 Å². The van der Waals surface area contributed by atoms with Crippen LogP contribution in [0.5, 0.6) is 0 Å². The fourth-order valence-electron chi connectivity index (χ4n) is 2.91. The maximum atomic E-state index is 12.9. The van der Waals surface area contributed by atoms with Crippen molar-refractivity contribution in [3.63, 3.8) is 0 Å².